The smallest absolute Gasteiger partial charge is 0.220 e. The first-order valence-corrected chi connectivity index (χ1v) is 32.3. The molecule has 0 aromatic heterocycles. The van der Waals surface area contributed by atoms with E-state index in [4.69, 9.17) is 28.4 Å². The van der Waals surface area contributed by atoms with Gasteiger partial charge in [-0.15, -0.1) is 0 Å². The quantitative estimate of drug-likeness (QED) is 0.0280. The first-order chi connectivity index (χ1) is 38.8. The van der Waals surface area contributed by atoms with Gasteiger partial charge in [0, 0.05) is 6.42 Å². The Bertz CT molecular complexity index is 1470. The van der Waals surface area contributed by atoms with Gasteiger partial charge in [0.1, 0.15) is 73.2 Å². The average Bonchev–Trinajstić information content (AvgIpc) is 3.49. The highest BCUT2D eigenvalue weighted by Crippen LogP contribution is 2.33. The molecular formula is C61H117NO18. The van der Waals surface area contributed by atoms with E-state index in [-0.39, 0.29) is 18.9 Å². The minimum absolute atomic E-state index is 0.237. The van der Waals surface area contributed by atoms with E-state index in [2.05, 4.69) is 19.2 Å². The number of aliphatic hydroxyl groups is 11. The molecule has 17 unspecified atom stereocenters. The molecule has 3 rings (SSSR count). The van der Waals surface area contributed by atoms with Crippen molar-refractivity contribution in [1.82, 2.24) is 5.32 Å². The molecule has 3 fully saturated rings. The summed E-state index contributed by atoms with van der Waals surface area (Å²) < 4.78 is 34.4. The molecule has 0 spiro atoms. The van der Waals surface area contributed by atoms with Crippen LogP contribution in [0.4, 0.5) is 0 Å². The first-order valence-electron chi connectivity index (χ1n) is 32.3. The van der Waals surface area contributed by atoms with Crippen LogP contribution in [0.25, 0.3) is 0 Å². The van der Waals surface area contributed by atoms with Crippen molar-refractivity contribution >= 4 is 5.91 Å². The molecule has 3 aliphatic heterocycles. The molecule has 0 aliphatic carbocycles. The molecule has 1 amide bonds. The van der Waals surface area contributed by atoms with Gasteiger partial charge < -0.3 is 89.9 Å². The van der Waals surface area contributed by atoms with Crippen molar-refractivity contribution in [2.75, 3.05) is 26.4 Å². The lowest BCUT2D eigenvalue weighted by atomic mass is 9.96. The van der Waals surface area contributed by atoms with E-state index in [1.54, 1.807) is 0 Å². The Morgan fingerprint density at radius 3 is 1.09 bits per heavy atom. The maximum absolute atomic E-state index is 13.4. The number of nitrogens with one attached hydrogen (secondary N) is 1. The van der Waals surface area contributed by atoms with Crippen molar-refractivity contribution in [3.05, 3.63) is 0 Å². The molecule has 17 atom stereocenters. The van der Waals surface area contributed by atoms with Crippen LogP contribution in [0.1, 0.15) is 251 Å². The molecule has 80 heavy (non-hydrogen) atoms. The van der Waals surface area contributed by atoms with Crippen molar-refractivity contribution in [1.29, 1.82) is 0 Å². The summed E-state index contributed by atoms with van der Waals surface area (Å²) in [6, 6.07) is -0.880. The highest BCUT2D eigenvalue weighted by Gasteiger charge is 2.53. The fourth-order valence-electron chi connectivity index (χ4n) is 11.4. The van der Waals surface area contributed by atoms with E-state index < -0.39 is 124 Å². The second kappa shape index (κ2) is 45.2. The summed E-state index contributed by atoms with van der Waals surface area (Å²) in [5.74, 6) is -0.237. The highest BCUT2D eigenvalue weighted by atomic mass is 16.8. The fraction of sp³-hybridized carbons (Fsp3) is 0.984. The molecule has 0 radical (unpaired) electrons. The molecule has 0 aromatic rings. The zero-order valence-electron chi connectivity index (χ0n) is 49.6. The molecule has 3 saturated heterocycles. The van der Waals surface area contributed by atoms with Gasteiger partial charge in [-0.25, -0.2) is 0 Å². The molecule has 19 nitrogen and oxygen atoms in total. The van der Waals surface area contributed by atoms with Crippen LogP contribution >= 0.6 is 0 Å². The third-order valence-corrected chi connectivity index (χ3v) is 16.7. The van der Waals surface area contributed by atoms with E-state index in [0.29, 0.717) is 12.8 Å². The second-order valence-corrected chi connectivity index (χ2v) is 23.6. The van der Waals surface area contributed by atoms with Crippen LogP contribution in [0.15, 0.2) is 0 Å². The van der Waals surface area contributed by atoms with Crippen LogP contribution in [0.3, 0.4) is 0 Å². The molecule has 3 heterocycles. The lowest BCUT2D eigenvalue weighted by molar-refractivity contribution is -0.379. The number of aliphatic hydroxyl groups excluding tert-OH is 11. The van der Waals surface area contributed by atoms with E-state index in [1.165, 1.54) is 173 Å². The van der Waals surface area contributed by atoms with Crippen LogP contribution < -0.4 is 5.32 Å². The highest BCUT2D eigenvalue weighted by molar-refractivity contribution is 5.76. The molecular weight excluding hydrogens is 1030 g/mol. The van der Waals surface area contributed by atoms with Gasteiger partial charge in [0.15, 0.2) is 18.9 Å². The predicted octanol–water partition coefficient (Wildman–Crippen LogP) is 6.77. The largest absolute Gasteiger partial charge is 0.394 e. The molecule has 19 heteroatoms. The zero-order valence-corrected chi connectivity index (χ0v) is 49.6. The van der Waals surface area contributed by atoms with Crippen molar-refractivity contribution in [3.8, 4) is 0 Å². The van der Waals surface area contributed by atoms with Gasteiger partial charge in [-0.2, -0.15) is 0 Å². The Labute approximate surface area is 481 Å². The second-order valence-electron chi connectivity index (χ2n) is 23.6. The van der Waals surface area contributed by atoms with Crippen LogP contribution in [-0.4, -0.2) is 193 Å². The summed E-state index contributed by atoms with van der Waals surface area (Å²) >= 11 is 0. The number of carbonyl (C=O) groups is 1. The molecule has 474 valence electrons. The van der Waals surface area contributed by atoms with Gasteiger partial charge in [0.25, 0.3) is 0 Å². The lowest BCUT2D eigenvalue weighted by Gasteiger charge is -2.48. The molecule has 0 aromatic carbocycles. The Morgan fingerprint density at radius 1 is 0.400 bits per heavy atom. The van der Waals surface area contributed by atoms with Gasteiger partial charge in [0.2, 0.25) is 5.91 Å². The van der Waals surface area contributed by atoms with E-state index >= 15 is 0 Å². The number of amides is 1. The number of hydrogen-bond donors (Lipinski definition) is 12. The maximum atomic E-state index is 13.4. The maximum Gasteiger partial charge on any atom is 0.220 e. The minimum Gasteiger partial charge on any atom is -0.394 e. The van der Waals surface area contributed by atoms with Crippen LogP contribution in [-0.2, 0) is 33.2 Å². The van der Waals surface area contributed by atoms with Crippen LogP contribution in [0, 0.1) is 0 Å². The normalized spacial score (nSPS) is 29.9. The molecule has 12 N–H and O–H groups in total. The molecule has 3 aliphatic rings. The number of rotatable bonds is 49. The van der Waals surface area contributed by atoms with E-state index in [1.807, 2.05) is 0 Å². The third kappa shape index (κ3) is 28.3. The lowest BCUT2D eigenvalue weighted by Crippen LogP contribution is -2.66. The van der Waals surface area contributed by atoms with E-state index in [0.717, 1.165) is 44.9 Å². The Kier molecular flexibility index (Phi) is 41.2. The monoisotopic (exact) mass is 1150 g/mol. The summed E-state index contributed by atoms with van der Waals surface area (Å²) in [4.78, 5) is 13.4. The SMILES string of the molecule is CCCCCCCCCCCCCCCCCCCCCCC(=O)NC(COC1OC(CO)C(OC2OC(CO)C(OC3OC(CO)C(O)C(O)C3O)C(O)C2O)C(O)C1O)C(O)CCCCCCCCCCCCCCCCC. The number of ether oxygens (including phenoxy) is 6. The van der Waals surface area contributed by atoms with Crippen LogP contribution in [0.5, 0.6) is 0 Å². The summed E-state index contributed by atoms with van der Waals surface area (Å²) in [5.41, 5.74) is 0. The third-order valence-electron chi connectivity index (χ3n) is 16.7. The van der Waals surface area contributed by atoms with Crippen LogP contribution in [0.2, 0.25) is 0 Å². The first kappa shape index (κ1) is 73.0. The zero-order chi connectivity index (χ0) is 58.3. The van der Waals surface area contributed by atoms with Gasteiger partial charge in [-0.3, -0.25) is 4.79 Å². The predicted molar refractivity (Wildman–Crippen MR) is 305 cm³/mol. The van der Waals surface area contributed by atoms with Gasteiger partial charge in [0.05, 0.1) is 38.6 Å². The van der Waals surface area contributed by atoms with Gasteiger partial charge in [-0.1, -0.05) is 232 Å². The Hall–Kier alpha value is -1.21. The van der Waals surface area contributed by atoms with Gasteiger partial charge >= 0.3 is 0 Å². The van der Waals surface area contributed by atoms with E-state index in [9.17, 15) is 61.0 Å². The summed E-state index contributed by atoms with van der Waals surface area (Å²) in [6.45, 7) is 1.82. The minimum atomic E-state index is -1.97. The standard InChI is InChI=1S/C61H117NO18/c1-3-5-7-9-11-13-15-17-19-20-21-22-23-25-27-29-31-33-35-37-39-49(67)62-44(45(66)38-36-34-32-30-28-26-24-18-16-14-12-10-8-6-4-2)43-75-59-55(73)52(70)57(47(41-64)77-59)80-61-56(74)53(71)58(48(42-65)78-61)79-60-54(72)51(69)50(68)46(40-63)76-60/h44-48,50-61,63-66,68-74H,3-43H2,1-2H3,(H,62,67). The number of carbonyl (C=O) groups excluding carboxylic acids is 1. The Balaban J connectivity index is 1.46. The van der Waals surface area contributed by atoms with Crippen molar-refractivity contribution in [2.45, 2.75) is 356 Å². The summed E-state index contributed by atoms with van der Waals surface area (Å²) in [7, 11) is 0. The summed E-state index contributed by atoms with van der Waals surface area (Å²) in [6.07, 6.45) is 17.5. The Morgan fingerprint density at radius 2 is 0.713 bits per heavy atom. The topological polar surface area (TPSA) is 307 Å². The molecule has 0 saturated carbocycles. The molecule has 0 bridgehead atoms. The van der Waals surface area contributed by atoms with Crippen molar-refractivity contribution < 1.29 is 89.4 Å². The number of hydrogen-bond acceptors (Lipinski definition) is 18. The van der Waals surface area contributed by atoms with Gasteiger partial charge in [-0.05, 0) is 12.8 Å². The number of unbranched alkanes of at least 4 members (excludes halogenated alkanes) is 33. The fourth-order valence-corrected chi connectivity index (χ4v) is 11.4. The van der Waals surface area contributed by atoms with Crippen molar-refractivity contribution in [2.24, 2.45) is 0 Å². The summed E-state index contributed by atoms with van der Waals surface area (Å²) in [5, 5.41) is 120. The average molecular weight is 1150 g/mol. The van der Waals surface area contributed by atoms with Crippen molar-refractivity contribution in [3.63, 3.8) is 0 Å².